The summed E-state index contributed by atoms with van der Waals surface area (Å²) in [5.41, 5.74) is 5.51. The van der Waals surface area contributed by atoms with Crippen molar-refractivity contribution in [3.05, 3.63) is 81.9 Å². The molecular weight excluding hydrogens is 378 g/mol. The molecule has 2 aromatic carbocycles. The average molecular weight is 394 g/mol. The van der Waals surface area contributed by atoms with Crippen LogP contribution >= 0.6 is 11.6 Å². The Morgan fingerprint density at radius 1 is 1.04 bits per heavy atom. The van der Waals surface area contributed by atoms with Gasteiger partial charge in [-0.05, 0) is 42.3 Å². The highest BCUT2D eigenvalue weighted by Gasteiger charge is 2.21. The molecule has 0 spiro atoms. The molecule has 6 nitrogen and oxygen atoms in total. The molecule has 140 valence electrons. The molecule has 0 bridgehead atoms. The van der Waals surface area contributed by atoms with Crippen LogP contribution in [0.3, 0.4) is 0 Å². The molecule has 0 fully saturated rings. The van der Waals surface area contributed by atoms with E-state index in [1.807, 2.05) is 41.8 Å². The third-order valence-corrected chi connectivity index (χ3v) is 5.07. The van der Waals surface area contributed by atoms with Gasteiger partial charge in [-0.1, -0.05) is 23.7 Å². The van der Waals surface area contributed by atoms with Gasteiger partial charge < -0.3 is 9.14 Å². The molecular formula is C21H16ClN3O3. The predicted octanol–water partition coefficient (Wildman–Crippen LogP) is 5.55. The average Bonchev–Trinajstić information content (AvgIpc) is 3.02. The van der Waals surface area contributed by atoms with Crippen molar-refractivity contribution < 1.29 is 9.66 Å². The number of methoxy groups -OCH3 is 1. The highest BCUT2D eigenvalue weighted by Crippen LogP contribution is 2.42. The Hall–Kier alpha value is -3.38. The smallest absolute Gasteiger partial charge is 0.269 e. The summed E-state index contributed by atoms with van der Waals surface area (Å²) in [5, 5.41) is 11.4. The van der Waals surface area contributed by atoms with Gasteiger partial charge in [0.25, 0.3) is 5.69 Å². The van der Waals surface area contributed by atoms with Crippen molar-refractivity contribution in [1.82, 2.24) is 9.38 Å². The summed E-state index contributed by atoms with van der Waals surface area (Å²) in [4.78, 5) is 14.9. The highest BCUT2D eigenvalue weighted by molar-refractivity contribution is 6.33. The lowest BCUT2D eigenvalue weighted by Gasteiger charge is -2.08. The van der Waals surface area contributed by atoms with Crippen LogP contribution < -0.4 is 4.74 Å². The maximum absolute atomic E-state index is 11.0. The number of fused-ring (bicyclic) bond motifs is 1. The number of aryl methyl sites for hydroxylation is 1. The normalized spacial score (nSPS) is 11.0. The Bertz CT molecular complexity index is 1180. The molecule has 0 saturated heterocycles. The number of hydrogen-bond donors (Lipinski definition) is 0. The van der Waals surface area contributed by atoms with Crippen molar-refractivity contribution in [1.29, 1.82) is 0 Å². The molecule has 0 unspecified atom stereocenters. The first-order valence-corrected chi connectivity index (χ1v) is 8.93. The maximum atomic E-state index is 11.0. The van der Waals surface area contributed by atoms with Gasteiger partial charge in [0.1, 0.15) is 5.75 Å². The van der Waals surface area contributed by atoms with E-state index < -0.39 is 4.92 Å². The van der Waals surface area contributed by atoms with Crippen LogP contribution in [-0.4, -0.2) is 21.4 Å². The van der Waals surface area contributed by atoms with Crippen molar-refractivity contribution in [2.75, 3.05) is 7.11 Å². The lowest BCUT2D eigenvalue weighted by molar-refractivity contribution is -0.384. The highest BCUT2D eigenvalue weighted by atomic mass is 35.5. The number of nitro benzene ring substituents is 1. The van der Waals surface area contributed by atoms with Gasteiger partial charge in [0.2, 0.25) is 0 Å². The Kier molecular flexibility index (Phi) is 4.49. The SMILES string of the molecule is COc1ccc(-c2c(-c3ccc([N+](=O)[O-])cc3)c(C)n3ccnc(Cl)c23)cc1. The van der Waals surface area contributed by atoms with E-state index in [1.165, 1.54) is 12.1 Å². The Labute approximate surface area is 166 Å². The summed E-state index contributed by atoms with van der Waals surface area (Å²) in [5.74, 6) is 0.755. The molecule has 0 aliphatic heterocycles. The lowest BCUT2D eigenvalue weighted by Crippen LogP contribution is -1.89. The van der Waals surface area contributed by atoms with Gasteiger partial charge in [0, 0.05) is 41.3 Å². The van der Waals surface area contributed by atoms with E-state index in [2.05, 4.69) is 4.98 Å². The maximum Gasteiger partial charge on any atom is 0.269 e. The monoisotopic (exact) mass is 393 g/mol. The molecule has 0 N–H and O–H groups in total. The topological polar surface area (TPSA) is 69.7 Å². The number of aromatic nitrogens is 2. The fraction of sp³-hybridized carbons (Fsp3) is 0.0952. The molecule has 28 heavy (non-hydrogen) atoms. The van der Waals surface area contributed by atoms with Crippen LogP contribution in [0.5, 0.6) is 5.75 Å². The number of benzene rings is 2. The third kappa shape index (κ3) is 2.88. The molecule has 4 rings (SSSR count). The van der Waals surface area contributed by atoms with Gasteiger partial charge >= 0.3 is 0 Å². The van der Waals surface area contributed by atoms with Crippen molar-refractivity contribution in [3.8, 4) is 28.0 Å². The lowest BCUT2D eigenvalue weighted by atomic mass is 9.95. The number of halogens is 1. The molecule has 4 aromatic rings. The summed E-state index contributed by atoms with van der Waals surface area (Å²) in [7, 11) is 1.62. The quantitative estimate of drug-likeness (QED) is 0.337. The van der Waals surface area contributed by atoms with E-state index in [9.17, 15) is 10.1 Å². The van der Waals surface area contributed by atoms with E-state index in [1.54, 1.807) is 25.4 Å². The van der Waals surface area contributed by atoms with Crippen molar-refractivity contribution >= 4 is 22.8 Å². The summed E-state index contributed by atoms with van der Waals surface area (Å²) >= 11 is 6.46. The zero-order chi connectivity index (χ0) is 19.8. The van der Waals surface area contributed by atoms with Crippen molar-refractivity contribution in [2.24, 2.45) is 0 Å². The predicted molar refractivity (Wildman–Crippen MR) is 109 cm³/mol. The molecule has 0 radical (unpaired) electrons. The number of non-ortho nitro benzene ring substituents is 1. The first-order chi connectivity index (χ1) is 13.5. The van der Waals surface area contributed by atoms with Crippen LogP contribution in [0.2, 0.25) is 5.15 Å². The van der Waals surface area contributed by atoms with Gasteiger partial charge in [-0.25, -0.2) is 4.98 Å². The summed E-state index contributed by atoms with van der Waals surface area (Å²) < 4.78 is 7.26. The van der Waals surface area contributed by atoms with Gasteiger partial charge in [-0.3, -0.25) is 10.1 Å². The van der Waals surface area contributed by atoms with Gasteiger partial charge in [0.15, 0.2) is 5.15 Å². The van der Waals surface area contributed by atoms with Gasteiger partial charge in [0.05, 0.1) is 17.5 Å². The molecule has 2 aromatic heterocycles. The number of ether oxygens (including phenoxy) is 1. The minimum Gasteiger partial charge on any atom is -0.497 e. The van der Waals surface area contributed by atoms with Crippen LogP contribution in [0.4, 0.5) is 5.69 Å². The van der Waals surface area contributed by atoms with E-state index in [-0.39, 0.29) is 5.69 Å². The molecule has 0 aliphatic rings. The van der Waals surface area contributed by atoms with E-state index >= 15 is 0 Å². The van der Waals surface area contributed by atoms with E-state index in [0.717, 1.165) is 39.2 Å². The zero-order valence-corrected chi connectivity index (χ0v) is 16.0. The summed E-state index contributed by atoms with van der Waals surface area (Å²) in [6.07, 6.45) is 3.51. The number of nitro groups is 1. The minimum atomic E-state index is -0.405. The second-order valence-electron chi connectivity index (χ2n) is 6.30. The standard InChI is InChI=1S/C21H16ClN3O3/c1-13-18(14-3-7-16(8-4-14)25(26)27)19(15-5-9-17(28-2)10-6-15)20-21(22)23-11-12-24(13)20/h3-12H,1-2H3. The second kappa shape index (κ2) is 6.98. The largest absolute Gasteiger partial charge is 0.497 e. The van der Waals surface area contributed by atoms with Crippen molar-refractivity contribution in [2.45, 2.75) is 6.92 Å². The molecule has 0 aliphatic carbocycles. The minimum absolute atomic E-state index is 0.0517. The van der Waals surface area contributed by atoms with E-state index in [0.29, 0.717) is 5.15 Å². The fourth-order valence-electron chi connectivity index (χ4n) is 3.47. The first-order valence-electron chi connectivity index (χ1n) is 8.55. The van der Waals surface area contributed by atoms with Gasteiger partial charge in [-0.15, -0.1) is 0 Å². The number of hydrogen-bond acceptors (Lipinski definition) is 4. The zero-order valence-electron chi connectivity index (χ0n) is 15.2. The van der Waals surface area contributed by atoms with E-state index in [4.69, 9.17) is 16.3 Å². The van der Waals surface area contributed by atoms with Crippen molar-refractivity contribution in [3.63, 3.8) is 0 Å². The van der Waals surface area contributed by atoms with Crippen LogP contribution in [0, 0.1) is 17.0 Å². The summed E-state index contributed by atoms with van der Waals surface area (Å²) in [6.45, 7) is 1.99. The van der Waals surface area contributed by atoms with Crippen LogP contribution in [-0.2, 0) is 0 Å². The third-order valence-electron chi connectivity index (χ3n) is 4.80. The summed E-state index contributed by atoms with van der Waals surface area (Å²) in [6, 6.07) is 14.2. The molecule has 0 atom stereocenters. The number of nitrogens with zero attached hydrogens (tertiary/aromatic N) is 3. The molecule has 0 amide bonds. The molecule has 0 saturated carbocycles. The fourth-order valence-corrected chi connectivity index (χ4v) is 3.71. The Balaban J connectivity index is 2.03. The first kappa shape index (κ1) is 18.0. The Morgan fingerprint density at radius 2 is 1.64 bits per heavy atom. The second-order valence-corrected chi connectivity index (χ2v) is 6.66. The van der Waals surface area contributed by atoms with Crippen LogP contribution in [0.25, 0.3) is 27.8 Å². The molecule has 7 heteroatoms. The number of rotatable bonds is 4. The van der Waals surface area contributed by atoms with Crippen LogP contribution in [0.1, 0.15) is 5.69 Å². The van der Waals surface area contributed by atoms with Gasteiger partial charge in [-0.2, -0.15) is 0 Å². The molecule has 2 heterocycles. The Morgan fingerprint density at radius 3 is 2.25 bits per heavy atom. The van der Waals surface area contributed by atoms with Crippen LogP contribution in [0.15, 0.2) is 60.9 Å².